The molecule has 4 bridgehead atoms. The highest BCUT2D eigenvalue weighted by Crippen LogP contribution is 2.55. The fourth-order valence-corrected chi connectivity index (χ4v) is 7.94. The molecular formula is C28H31N3O. The lowest BCUT2D eigenvalue weighted by atomic mass is 9.53. The van der Waals surface area contributed by atoms with Crippen molar-refractivity contribution in [3.05, 3.63) is 59.4 Å². The number of rotatable bonds is 3. The van der Waals surface area contributed by atoms with Crippen LogP contribution >= 0.6 is 0 Å². The lowest BCUT2D eigenvalue weighted by molar-refractivity contribution is -0.0168. The molecule has 0 radical (unpaired) electrons. The van der Waals surface area contributed by atoms with Gasteiger partial charge >= 0.3 is 0 Å². The topological polar surface area (TPSA) is 46.9 Å². The Labute approximate surface area is 189 Å². The summed E-state index contributed by atoms with van der Waals surface area (Å²) >= 11 is 0. The minimum absolute atomic E-state index is 0.0244. The molecule has 1 heterocycles. The van der Waals surface area contributed by atoms with Crippen LogP contribution in [0.5, 0.6) is 0 Å². The van der Waals surface area contributed by atoms with E-state index in [1.807, 2.05) is 0 Å². The number of carbonyl (C=O) groups excluding carboxylic acids is 1. The number of amides is 1. The highest BCUT2D eigenvalue weighted by molar-refractivity contribution is 5.95. The maximum absolute atomic E-state index is 13.7. The largest absolute Gasteiger partial charge is 0.345 e. The highest BCUT2D eigenvalue weighted by Gasteiger charge is 2.51. The van der Waals surface area contributed by atoms with Crippen LogP contribution in [0.2, 0.25) is 0 Å². The molecule has 4 fully saturated rings. The molecule has 0 spiro atoms. The number of nitrogens with one attached hydrogen (secondary N) is 1. The van der Waals surface area contributed by atoms with E-state index in [1.54, 1.807) is 0 Å². The molecule has 4 heteroatoms. The Hall–Kier alpha value is -2.62. The summed E-state index contributed by atoms with van der Waals surface area (Å²) in [5.74, 6) is 2.54. The Morgan fingerprint density at radius 3 is 2.38 bits per heavy atom. The molecule has 0 unspecified atom stereocenters. The second kappa shape index (κ2) is 6.94. The van der Waals surface area contributed by atoms with Crippen molar-refractivity contribution in [2.45, 2.75) is 69.7 Å². The fraction of sp³-hybridized carbons (Fsp3) is 0.500. The number of aromatic nitrogens is 2. The minimum Gasteiger partial charge on any atom is -0.345 e. The molecule has 8 rings (SSSR count). The monoisotopic (exact) mass is 425 g/mol. The molecule has 5 aliphatic carbocycles. The number of hydrogen-bond acceptors (Lipinski definition) is 2. The van der Waals surface area contributed by atoms with E-state index in [9.17, 15) is 4.79 Å². The molecule has 0 aliphatic heterocycles. The van der Waals surface area contributed by atoms with Gasteiger partial charge in [-0.3, -0.25) is 4.79 Å². The normalized spacial score (nSPS) is 30.4. The molecule has 3 aromatic rings. The third kappa shape index (κ3) is 2.88. The zero-order valence-electron chi connectivity index (χ0n) is 18.6. The van der Waals surface area contributed by atoms with E-state index >= 15 is 0 Å². The lowest BCUT2D eigenvalue weighted by Crippen LogP contribution is -2.60. The van der Waals surface area contributed by atoms with Crippen LogP contribution < -0.4 is 5.32 Å². The van der Waals surface area contributed by atoms with Gasteiger partial charge in [0.25, 0.3) is 5.91 Å². The predicted molar refractivity (Wildman–Crippen MR) is 126 cm³/mol. The van der Waals surface area contributed by atoms with Gasteiger partial charge in [-0.2, -0.15) is 5.10 Å². The molecular weight excluding hydrogens is 394 g/mol. The molecule has 2 aromatic carbocycles. The maximum atomic E-state index is 13.7. The van der Waals surface area contributed by atoms with Crippen molar-refractivity contribution in [2.75, 3.05) is 0 Å². The summed E-state index contributed by atoms with van der Waals surface area (Å²) < 4.78 is 2.09. The van der Waals surface area contributed by atoms with E-state index < -0.39 is 0 Å². The van der Waals surface area contributed by atoms with E-state index in [0.717, 1.165) is 42.7 Å². The van der Waals surface area contributed by atoms with Gasteiger partial charge in [0.1, 0.15) is 0 Å². The molecule has 5 aliphatic rings. The molecule has 1 amide bonds. The van der Waals surface area contributed by atoms with Gasteiger partial charge in [-0.15, -0.1) is 0 Å². The quantitative estimate of drug-likeness (QED) is 0.593. The Morgan fingerprint density at radius 1 is 0.906 bits per heavy atom. The molecule has 4 nitrogen and oxygen atoms in total. The van der Waals surface area contributed by atoms with Gasteiger partial charge in [-0.05, 0) is 93.4 Å². The van der Waals surface area contributed by atoms with Crippen molar-refractivity contribution >= 4 is 16.7 Å². The predicted octanol–water partition coefficient (Wildman–Crippen LogP) is 5.60. The Bertz CT molecular complexity index is 1180. The van der Waals surface area contributed by atoms with Crippen LogP contribution in [0.1, 0.15) is 73.1 Å². The molecule has 164 valence electrons. The molecule has 0 atom stereocenters. The Balaban J connectivity index is 1.29. The maximum Gasteiger partial charge on any atom is 0.272 e. The van der Waals surface area contributed by atoms with Crippen molar-refractivity contribution < 1.29 is 4.79 Å². The van der Waals surface area contributed by atoms with Crippen LogP contribution in [-0.2, 0) is 12.8 Å². The highest BCUT2D eigenvalue weighted by atomic mass is 16.2. The van der Waals surface area contributed by atoms with E-state index in [2.05, 4.69) is 52.5 Å². The van der Waals surface area contributed by atoms with Crippen LogP contribution in [0.4, 0.5) is 0 Å². The van der Waals surface area contributed by atoms with Crippen molar-refractivity contribution in [3.63, 3.8) is 0 Å². The minimum atomic E-state index is 0.0244. The van der Waals surface area contributed by atoms with Gasteiger partial charge in [0.15, 0.2) is 5.69 Å². The first-order valence-electron chi connectivity index (χ1n) is 12.6. The van der Waals surface area contributed by atoms with Gasteiger partial charge in [-0.1, -0.05) is 36.4 Å². The Morgan fingerprint density at radius 2 is 1.59 bits per heavy atom. The summed E-state index contributed by atoms with van der Waals surface area (Å²) in [5.41, 5.74) is 4.23. The third-order valence-electron chi connectivity index (χ3n) is 8.81. The average Bonchev–Trinajstić information content (AvgIpc) is 3.17. The summed E-state index contributed by atoms with van der Waals surface area (Å²) in [6.45, 7) is 0. The number of benzene rings is 2. The van der Waals surface area contributed by atoms with Crippen molar-refractivity contribution in [1.29, 1.82) is 0 Å². The van der Waals surface area contributed by atoms with Crippen LogP contribution in [-0.4, -0.2) is 21.2 Å². The zero-order chi connectivity index (χ0) is 21.3. The van der Waals surface area contributed by atoms with Crippen molar-refractivity contribution in [1.82, 2.24) is 15.1 Å². The van der Waals surface area contributed by atoms with E-state index in [1.165, 1.54) is 67.0 Å². The average molecular weight is 426 g/mol. The van der Waals surface area contributed by atoms with Gasteiger partial charge in [0, 0.05) is 22.2 Å². The number of carbonyl (C=O) groups is 1. The summed E-state index contributed by atoms with van der Waals surface area (Å²) in [6.07, 6.45) is 12.0. The van der Waals surface area contributed by atoms with Crippen LogP contribution in [0.15, 0.2) is 42.5 Å². The fourth-order valence-electron chi connectivity index (χ4n) is 7.94. The molecule has 0 saturated heterocycles. The van der Waals surface area contributed by atoms with Gasteiger partial charge in [0.2, 0.25) is 0 Å². The summed E-state index contributed by atoms with van der Waals surface area (Å²) in [7, 11) is 0. The van der Waals surface area contributed by atoms with Crippen molar-refractivity contribution in [2.24, 2.45) is 17.8 Å². The van der Waals surface area contributed by atoms with Crippen LogP contribution in [0.25, 0.3) is 16.5 Å². The zero-order valence-corrected chi connectivity index (χ0v) is 18.6. The van der Waals surface area contributed by atoms with Gasteiger partial charge < -0.3 is 5.32 Å². The molecule has 32 heavy (non-hydrogen) atoms. The van der Waals surface area contributed by atoms with Crippen LogP contribution in [0.3, 0.4) is 0 Å². The first-order chi connectivity index (χ1) is 15.7. The smallest absolute Gasteiger partial charge is 0.272 e. The van der Waals surface area contributed by atoms with Crippen LogP contribution in [0, 0.1) is 17.8 Å². The summed E-state index contributed by atoms with van der Waals surface area (Å²) in [5, 5.41) is 11.0. The van der Waals surface area contributed by atoms with E-state index in [4.69, 9.17) is 5.10 Å². The van der Waals surface area contributed by atoms with E-state index in [0.29, 0.717) is 5.69 Å². The second-order valence-corrected chi connectivity index (χ2v) is 11.0. The first-order valence-corrected chi connectivity index (χ1v) is 12.6. The number of fused-ring (bicyclic) bond motifs is 2. The molecule has 4 saturated carbocycles. The first kappa shape index (κ1) is 18.9. The SMILES string of the molecule is O=C(NC12CC3CC(CC(C3)C1)C2)c1nn(-c2cccc3ccccc23)c2c1CCCC2. The van der Waals surface area contributed by atoms with Gasteiger partial charge in [-0.25, -0.2) is 4.68 Å². The lowest BCUT2D eigenvalue weighted by Gasteiger charge is -2.56. The summed E-state index contributed by atoms with van der Waals surface area (Å²) in [6, 6.07) is 14.9. The number of hydrogen-bond donors (Lipinski definition) is 1. The second-order valence-electron chi connectivity index (χ2n) is 11.0. The summed E-state index contributed by atoms with van der Waals surface area (Å²) in [4.78, 5) is 13.7. The number of nitrogens with zero attached hydrogens (tertiary/aromatic N) is 2. The molecule has 1 aromatic heterocycles. The Kier molecular flexibility index (Phi) is 4.10. The van der Waals surface area contributed by atoms with Gasteiger partial charge in [0.05, 0.1) is 5.69 Å². The third-order valence-corrected chi connectivity index (χ3v) is 8.81. The standard InChI is InChI=1S/C28H31N3O/c32-27(29-28-15-18-12-19(16-28)14-20(13-18)17-28)26-23-9-3-4-10-25(23)31(30-26)24-11-5-7-21-6-1-2-8-22(21)24/h1-2,5-8,11,18-20H,3-4,9-10,12-17H2,(H,29,32). The van der Waals surface area contributed by atoms with Crippen molar-refractivity contribution in [3.8, 4) is 5.69 Å². The van der Waals surface area contributed by atoms with E-state index in [-0.39, 0.29) is 11.4 Å². The molecule has 1 N–H and O–H groups in total.